The summed E-state index contributed by atoms with van der Waals surface area (Å²) in [5, 5.41) is 0. The second-order valence-corrected chi connectivity index (χ2v) is 7.51. The second-order valence-electron chi connectivity index (χ2n) is 7.51. The van der Waals surface area contributed by atoms with Crippen molar-refractivity contribution in [3.05, 3.63) is 11.4 Å². The highest BCUT2D eigenvalue weighted by molar-refractivity contribution is 5.42. The van der Waals surface area contributed by atoms with Crippen molar-refractivity contribution < 1.29 is 114 Å². The minimum Gasteiger partial charge on any atom is -0.204 e. The van der Waals surface area contributed by atoms with Crippen molar-refractivity contribution in [1.29, 1.82) is 0 Å². The number of hydrogen-bond donors (Lipinski definition) is 0. The van der Waals surface area contributed by atoms with Gasteiger partial charge in [0.1, 0.15) is 5.57 Å². The van der Waals surface area contributed by atoms with E-state index in [0.29, 0.717) is 0 Å². The number of rotatable bonds is 7. The molecule has 0 fully saturated rings. The molecule has 0 aromatic carbocycles. The first-order chi connectivity index (χ1) is 16.8. The smallest absolute Gasteiger partial charge is 0.204 e. The van der Waals surface area contributed by atoms with Gasteiger partial charge in [-0.15, -0.1) is 0 Å². The van der Waals surface area contributed by atoms with E-state index in [9.17, 15) is 114 Å². The molecule has 0 N–H and O–H groups in total. The van der Waals surface area contributed by atoms with Crippen LogP contribution in [0.4, 0.5) is 114 Å². The molecule has 0 saturated carbocycles. The topological polar surface area (TPSA) is 0 Å². The van der Waals surface area contributed by atoms with E-state index >= 15 is 0 Å². The van der Waals surface area contributed by atoms with E-state index < -0.39 is 82.7 Å². The predicted octanol–water partition coefficient (Wildman–Crippen LogP) is 8.77. The molecule has 0 bridgehead atoms. The first-order valence-corrected chi connectivity index (χ1v) is 8.41. The van der Waals surface area contributed by atoms with Gasteiger partial charge in [0.15, 0.2) is 5.83 Å². The van der Waals surface area contributed by atoms with Crippen LogP contribution in [0.3, 0.4) is 0 Å². The molecule has 0 saturated heterocycles. The first kappa shape index (κ1) is 35.9. The van der Waals surface area contributed by atoms with Gasteiger partial charge in [0.05, 0.1) is 0 Å². The van der Waals surface area contributed by atoms with E-state index in [1.807, 2.05) is 0 Å². The Morgan fingerprint density at radius 2 is 0.600 bits per heavy atom. The molecule has 0 aromatic heterocycles. The standard InChI is InChI=1S/C14F26/c15-2-1(3(16,17)6(22,23)8(26,27)5(2,20)21)4(18,19)7(24,25)9(28,29)10(30,31)11(32,33)12(34,35)13(36,37)14(38,39)40. The van der Waals surface area contributed by atoms with Gasteiger partial charge in [-0.3, -0.25) is 0 Å². The summed E-state index contributed by atoms with van der Waals surface area (Å²) in [6.45, 7) is 0. The van der Waals surface area contributed by atoms with E-state index in [1.165, 1.54) is 0 Å². The zero-order valence-corrected chi connectivity index (χ0v) is 16.8. The number of halogens is 26. The Kier molecular flexibility index (Phi) is 7.43. The normalized spacial score (nSPS) is 22.9. The van der Waals surface area contributed by atoms with Crippen LogP contribution < -0.4 is 0 Å². The van der Waals surface area contributed by atoms with Gasteiger partial charge < -0.3 is 0 Å². The molecule has 1 rings (SSSR count). The van der Waals surface area contributed by atoms with Crippen LogP contribution in [-0.2, 0) is 0 Å². The van der Waals surface area contributed by atoms with Crippen molar-refractivity contribution in [3.8, 4) is 0 Å². The lowest BCUT2D eigenvalue weighted by Crippen LogP contribution is -2.76. The van der Waals surface area contributed by atoms with Crippen LogP contribution in [0.1, 0.15) is 0 Å². The molecule has 0 heterocycles. The van der Waals surface area contributed by atoms with Crippen molar-refractivity contribution >= 4 is 0 Å². The Hall–Kier alpha value is -2.08. The lowest BCUT2D eigenvalue weighted by atomic mass is 9.78. The molecular weight excluding hydrogens is 662 g/mol. The zero-order valence-electron chi connectivity index (χ0n) is 16.8. The summed E-state index contributed by atoms with van der Waals surface area (Å²) in [7, 11) is 0. The quantitative estimate of drug-likeness (QED) is 0.239. The first-order valence-electron chi connectivity index (χ1n) is 8.41. The molecule has 40 heavy (non-hydrogen) atoms. The molecule has 26 heteroatoms. The van der Waals surface area contributed by atoms with Crippen LogP contribution in [0.15, 0.2) is 11.4 Å². The monoisotopic (exact) mass is 662 g/mol. The molecule has 0 aliphatic heterocycles. The molecule has 0 aromatic rings. The van der Waals surface area contributed by atoms with Gasteiger partial charge >= 0.3 is 71.3 Å². The summed E-state index contributed by atoms with van der Waals surface area (Å²) >= 11 is 0. The summed E-state index contributed by atoms with van der Waals surface area (Å²) < 4.78 is 343. The second kappa shape index (κ2) is 8.26. The molecule has 238 valence electrons. The minimum atomic E-state index is -9.51. The number of hydrogen-bond acceptors (Lipinski definition) is 0. The van der Waals surface area contributed by atoms with E-state index in [0.717, 1.165) is 0 Å². The maximum atomic E-state index is 13.9. The molecule has 0 atom stereocenters. The van der Waals surface area contributed by atoms with E-state index in [4.69, 9.17) is 0 Å². The van der Waals surface area contributed by atoms with Gasteiger partial charge in [-0.05, 0) is 0 Å². The van der Waals surface area contributed by atoms with Crippen LogP contribution in [0.2, 0.25) is 0 Å². The van der Waals surface area contributed by atoms with Gasteiger partial charge in [-0.2, -0.15) is 110 Å². The van der Waals surface area contributed by atoms with Crippen molar-refractivity contribution in [1.82, 2.24) is 0 Å². The Morgan fingerprint density at radius 1 is 0.350 bits per heavy atom. The summed E-state index contributed by atoms with van der Waals surface area (Å²) in [4.78, 5) is 0. The SMILES string of the molecule is FC1=C(C(F)(F)C(F)(F)C(F)(F)C(F)(F)C(F)(F)C(F)(F)C(F)(F)C(F)(F)F)C(F)(F)C(F)(F)C(F)(F)C1(F)F. The van der Waals surface area contributed by atoms with Crippen LogP contribution in [0.5, 0.6) is 0 Å². The van der Waals surface area contributed by atoms with E-state index in [-0.39, 0.29) is 0 Å². The molecular formula is C14F26. The van der Waals surface area contributed by atoms with Crippen molar-refractivity contribution in [2.75, 3.05) is 0 Å². The Morgan fingerprint density at radius 3 is 0.900 bits per heavy atom. The molecule has 1 aliphatic rings. The maximum absolute atomic E-state index is 13.9. The molecule has 0 unspecified atom stereocenters. The van der Waals surface area contributed by atoms with E-state index in [1.54, 1.807) is 0 Å². The van der Waals surface area contributed by atoms with Gasteiger partial charge in [0.2, 0.25) is 0 Å². The van der Waals surface area contributed by atoms with Crippen molar-refractivity contribution in [2.45, 2.75) is 71.3 Å². The summed E-state index contributed by atoms with van der Waals surface area (Å²) in [6, 6.07) is 0. The fourth-order valence-corrected chi connectivity index (χ4v) is 2.64. The summed E-state index contributed by atoms with van der Waals surface area (Å²) in [5.74, 6) is -102. The van der Waals surface area contributed by atoms with Gasteiger partial charge in [0, 0.05) is 0 Å². The highest BCUT2D eigenvalue weighted by Gasteiger charge is 2.97. The fourth-order valence-electron chi connectivity index (χ4n) is 2.64. The minimum absolute atomic E-state index is 5.61. The highest BCUT2D eigenvalue weighted by atomic mass is 19.4. The molecule has 0 radical (unpaired) electrons. The summed E-state index contributed by atoms with van der Waals surface area (Å²) in [6.07, 6.45) is -8.17. The summed E-state index contributed by atoms with van der Waals surface area (Å²) in [5.41, 5.74) is -5.95. The molecule has 0 spiro atoms. The zero-order chi connectivity index (χ0) is 33.2. The average molecular weight is 662 g/mol. The highest BCUT2D eigenvalue weighted by Crippen LogP contribution is 2.69. The van der Waals surface area contributed by atoms with Crippen LogP contribution in [-0.4, -0.2) is 71.3 Å². The lowest BCUT2D eigenvalue weighted by molar-refractivity contribution is -0.461. The lowest BCUT2D eigenvalue weighted by Gasteiger charge is -2.46. The van der Waals surface area contributed by atoms with Crippen LogP contribution >= 0.6 is 0 Å². The Bertz CT molecular complexity index is 1030. The van der Waals surface area contributed by atoms with Gasteiger partial charge in [-0.25, -0.2) is 4.39 Å². The molecule has 0 nitrogen and oxygen atoms in total. The molecule has 1 aliphatic carbocycles. The fraction of sp³-hybridized carbons (Fsp3) is 0.857. The Labute approximate surface area is 198 Å². The third-order valence-electron chi connectivity index (χ3n) is 5.03. The van der Waals surface area contributed by atoms with Crippen LogP contribution in [0, 0.1) is 0 Å². The predicted molar refractivity (Wildman–Crippen MR) is 68.6 cm³/mol. The van der Waals surface area contributed by atoms with Crippen LogP contribution in [0.25, 0.3) is 0 Å². The van der Waals surface area contributed by atoms with Crippen molar-refractivity contribution in [3.63, 3.8) is 0 Å². The average Bonchev–Trinajstić information content (AvgIpc) is 2.70. The van der Waals surface area contributed by atoms with Crippen molar-refractivity contribution in [2.24, 2.45) is 0 Å². The van der Waals surface area contributed by atoms with Gasteiger partial charge in [0.25, 0.3) is 0 Å². The third kappa shape index (κ3) is 3.63. The maximum Gasteiger partial charge on any atom is 0.460 e. The molecule has 0 amide bonds. The number of allylic oxidation sites excluding steroid dienone is 2. The van der Waals surface area contributed by atoms with Gasteiger partial charge in [-0.1, -0.05) is 0 Å². The third-order valence-corrected chi connectivity index (χ3v) is 5.03. The van der Waals surface area contributed by atoms with E-state index in [2.05, 4.69) is 0 Å². The number of alkyl halides is 25. The Balaban J connectivity index is 4.09. The largest absolute Gasteiger partial charge is 0.460 e.